The van der Waals surface area contributed by atoms with Crippen LogP contribution in [0.4, 0.5) is 8.78 Å². The van der Waals surface area contributed by atoms with Crippen LogP contribution in [0.2, 0.25) is 0 Å². The normalized spacial score (nSPS) is 12.4. The predicted octanol–water partition coefficient (Wildman–Crippen LogP) is 4.54. The minimum absolute atomic E-state index is 0.0629. The average Bonchev–Trinajstić information content (AvgIpc) is 2.41. The van der Waals surface area contributed by atoms with Gasteiger partial charge in [-0.15, -0.1) is 0 Å². The van der Waals surface area contributed by atoms with E-state index in [0.717, 1.165) is 16.7 Å². The van der Waals surface area contributed by atoms with Crippen LogP contribution in [0.1, 0.15) is 22.7 Å². The summed E-state index contributed by atoms with van der Waals surface area (Å²) in [7, 11) is 1.87. The van der Waals surface area contributed by atoms with Crippen molar-refractivity contribution in [1.29, 1.82) is 0 Å². The van der Waals surface area contributed by atoms with Gasteiger partial charge in [0.15, 0.2) is 0 Å². The third-order valence-corrected chi connectivity index (χ3v) is 3.99. The number of rotatable bonds is 4. The van der Waals surface area contributed by atoms with Crippen LogP contribution < -0.4 is 5.32 Å². The van der Waals surface area contributed by atoms with Crippen LogP contribution in [0.5, 0.6) is 0 Å². The van der Waals surface area contributed by atoms with E-state index < -0.39 is 0 Å². The van der Waals surface area contributed by atoms with Gasteiger partial charge < -0.3 is 5.32 Å². The highest BCUT2D eigenvalue weighted by molar-refractivity contribution is 9.10. The lowest BCUT2D eigenvalue weighted by Crippen LogP contribution is -2.20. The zero-order valence-corrected chi connectivity index (χ0v) is 13.0. The van der Waals surface area contributed by atoms with Crippen LogP contribution in [0.25, 0.3) is 0 Å². The summed E-state index contributed by atoms with van der Waals surface area (Å²) >= 11 is 3.19. The summed E-state index contributed by atoms with van der Waals surface area (Å²) in [5, 5.41) is 3.23. The molecule has 0 heterocycles. The quantitative estimate of drug-likeness (QED) is 0.862. The van der Waals surface area contributed by atoms with Crippen LogP contribution >= 0.6 is 15.9 Å². The molecular formula is C16H16BrF2N. The van der Waals surface area contributed by atoms with Crippen molar-refractivity contribution in [3.8, 4) is 0 Å². The Bertz CT molecular complexity index is 613. The van der Waals surface area contributed by atoms with E-state index in [-0.39, 0.29) is 17.7 Å². The van der Waals surface area contributed by atoms with E-state index >= 15 is 0 Å². The lowest BCUT2D eigenvalue weighted by Gasteiger charge is -2.19. The van der Waals surface area contributed by atoms with Crippen molar-refractivity contribution in [2.45, 2.75) is 19.4 Å². The summed E-state index contributed by atoms with van der Waals surface area (Å²) in [6.45, 7) is 1.89. The zero-order valence-electron chi connectivity index (χ0n) is 11.4. The van der Waals surface area contributed by atoms with Crippen LogP contribution in [0.15, 0.2) is 40.9 Å². The molecule has 0 bridgehead atoms. The molecule has 1 unspecified atom stereocenters. The molecule has 20 heavy (non-hydrogen) atoms. The lowest BCUT2D eigenvalue weighted by molar-refractivity contribution is 0.579. The van der Waals surface area contributed by atoms with Gasteiger partial charge >= 0.3 is 0 Å². The molecule has 0 aliphatic heterocycles. The maximum absolute atomic E-state index is 13.2. The van der Waals surface area contributed by atoms with Crippen molar-refractivity contribution < 1.29 is 8.78 Å². The van der Waals surface area contributed by atoms with Crippen LogP contribution in [0, 0.1) is 18.6 Å². The molecule has 0 fully saturated rings. The molecule has 1 N–H and O–H groups in total. The van der Waals surface area contributed by atoms with Crippen LogP contribution in [-0.4, -0.2) is 7.05 Å². The molecule has 2 rings (SSSR count). The van der Waals surface area contributed by atoms with Crippen LogP contribution in [-0.2, 0) is 6.42 Å². The lowest BCUT2D eigenvalue weighted by atomic mass is 9.95. The maximum atomic E-state index is 13.2. The Balaban J connectivity index is 2.26. The van der Waals surface area contributed by atoms with E-state index in [2.05, 4.69) is 21.2 Å². The van der Waals surface area contributed by atoms with Gasteiger partial charge in [0, 0.05) is 6.04 Å². The van der Waals surface area contributed by atoms with E-state index in [1.807, 2.05) is 14.0 Å². The molecule has 0 aliphatic carbocycles. The summed E-state index contributed by atoms with van der Waals surface area (Å²) in [4.78, 5) is 0. The fraction of sp³-hybridized carbons (Fsp3) is 0.250. The van der Waals surface area contributed by atoms with Gasteiger partial charge in [0.2, 0.25) is 0 Å². The van der Waals surface area contributed by atoms with E-state index in [1.54, 1.807) is 18.2 Å². The number of halogens is 3. The van der Waals surface area contributed by atoms with E-state index in [1.165, 1.54) is 18.2 Å². The fourth-order valence-corrected chi connectivity index (χ4v) is 2.73. The van der Waals surface area contributed by atoms with Crippen molar-refractivity contribution in [3.63, 3.8) is 0 Å². The summed E-state index contributed by atoms with van der Waals surface area (Å²) in [5.74, 6) is -0.502. The summed E-state index contributed by atoms with van der Waals surface area (Å²) in [6.07, 6.45) is 0.710. The summed E-state index contributed by atoms with van der Waals surface area (Å²) in [6, 6.07) is 9.84. The molecule has 2 aromatic rings. The van der Waals surface area contributed by atoms with Gasteiger partial charge in [0.05, 0.1) is 4.47 Å². The molecule has 0 saturated carbocycles. The first kappa shape index (κ1) is 15.1. The van der Waals surface area contributed by atoms with Gasteiger partial charge in [0.25, 0.3) is 0 Å². The van der Waals surface area contributed by atoms with Gasteiger partial charge in [-0.25, -0.2) is 8.78 Å². The van der Waals surface area contributed by atoms with Crippen molar-refractivity contribution in [2.24, 2.45) is 0 Å². The summed E-state index contributed by atoms with van der Waals surface area (Å²) < 4.78 is 26.9. The number of hydrogen-bond donors (Lipinski definition) is 1. The second kappa shape index (κ2) is 6.46. The van der Waals surface area contributed by atoms with Crippen molar-refractivity contribution in [1.82, 2.24) is 5.32 Å². The Morgan fingerprint density at radius 1 is 1.15 bits per heavy atom. The number of nitrogens with one attached hydrogen (secondary N) is 1. The van der Waals surface area contributed by atoms with E-state index in [0.29, 0.717) is 10.9 Å². The van der Waals surface area contributed by atoms with E-state index in [9.17, 15) is 8.78 Å². The third kappa shape index (κ3) is 3.44. The Morgan fingerprint density at radius 3 is 2.50 bits per heavy atom. The molecule has 0 radical (unpaired) electrons. The summed E-state index contributed by atoms with van der Waals surface area (Å²) in [5.41, 5.74) is 2.97. The largest absolute Gasteiger partial charge is 0.313 e. The predicted molar refractivity (Wildman–Crippen MR) is 80.7 cm³/mol. The van der Waals surface area contributed by atoms with Gasteiger partial charge in [0.1, 0.15) is 11.6 Å². The molecule has 2 aromatic carbocycles. The Hall–Kier alpha value is -1.26. The highest BCUT2D eigenvalue weighted by Crippen LogP contribution is 2.24. The first-order valence-corrected chi connectivity index (χ1v) is 7.18. The molecule has 0 saturated heterocycles. The molecule has 1 atom stereocenters. The Labute approximate surface area is 126 Å². The van der Waals surface area contributed by atoms with Crippen LogP contribution in [0.3, 0.4) is 0 Å². The monoisotopic (exact) mass is 339 g/mol. The minimum Gasteiger partial charge on any atom is -0.313 e. The molecule has 0 amide bonds. The van der Waals surface area contributed by atoms with E-state index in [4.69, 9.17) is 0 Å². The standard InChI is InChI=1S/C16H16BrF2N/c1-10-7-12(18)4-5-13(10)16(20-2)9-11-3-6-15(19)14(17)8-11/h3-8,16,20H,9H2,1-2H3. The average molecular weight is 340 g/mol. The van der Waals surface area contributed by atoms with Crippen molar-refractivity contribution in [2.75, 3.05) is 7.05 Å². The number of aryl methyl sites for hydroxylation is 1. The van der Waals surface area contributed by atoms with Gasteiger partial charge in [-0.1, -0.05) is 12.1 Å². The number of benzene rings is 2. The number of likely N-dealkylation sites (N-methyl/N-ethyl adjacent to an activating group) is 1. The molecule has 0 spiro atoms. The third-order valence-electron chi connectivity index (χ3n) is 3.38. The molecule has 0 aliphatic rings. The highest BCUT2D eigenvalue weighted by Gasteiger charge is 2.14. The zero-order chi connectivity index (χ0) is 14.7. The second-order valence-electron chi connectivity index (χ2n) is 4.79. The smallest absolute Gasteiger partial charge is 0.137 e. The fourth-order valence-electron chi connectivity index (χ4n) is 2.30. The molecule has 0 aromatic heterocycles. The molecule has 106 valence electrons. The first-order valence-electron chi connectivity index (χ1n) is 6.38. The maximum Gasteiger partial charge on any atom is 0.137 e. The van der Waals surface area contributed by atoms with Gasteiger partial charge in [-0.05, 0) is 77.3 Å². The first-order chi connectivity index (χ1) is 9.51. The molecule has 1 nitrogen and oxygen atoms in total. The highest BCUT2D eigenvalue weighted by atomic mass is 79.9. The number of hydrogen-bond acceptors (Lipinski definition) is 1. The topological polar surface area (TPSA) is 12.0 Å². The Kier molecular flexibility index (Phi) is 4.89. The molecule has 4 heteroatoms. The minimum atomic E-state index is -0.271. The SMILES string of the molecule is CNC(Cc1ccc(F)c(Br)c1)c1ccc(F)cc1C. The van der Waals surface area contributed by atoms with Crippen molar-refractivity contribution >= 4 is 15.9 Å². The van der Waals surface area contributed by atoms with Gasteiger partial charge in [-0.2, -0.15) is 0 Å². The second-order valence-corrected chi connectivity index (χ2v) is 5.65. The van der Waals surface area contributed by atoms with Gasteiger partial charge in [-0.3, -0.25) is 0 Å². The molecular weight excluding hydrogens is 324 g/mol. The van der Waals surface area contributed by atoms with Crippen molar-refractivity contribution in [3.05, 3.63) is 69.2 Å². The Morgan fingerprint density at radius 2 is 1.90 bits per heavy atom.